The summed E-state index contributed by atoms with van der Waals surface area (Å²) in [5, 5.41) is 18.3. The lowest BCUT2D eigenvalue weighted by Crippen LogP contribution is -2.32. The van der Waals surface area contributed by atoms with Crippen LogP contribution in [0.25, 0.3) is 0 Å². The Balaban J connectivity index is 1.72. The van der Waals surface area contributed by atoms with E-state index in [9.17, 15) is 4.79 Å². The second kappa shape index (κ2) is 6.58. The molecule has 0 aliphatic rings. The number of rotatable bonds is 6. The number of aromatic nitrogens is 5. The number of halogens is 1. The molecule has 2 aromatic rings. The largest absolute Gasteiger partial charge is 0.353 e. The van der Waals surface area contributed by atoms with Crippen molar-refractivity contribution in [2.75, 3.05) is 12.3 Å². The molecule has 1 atom stereocenters. The highest BCUT2D eigenvalue weighted by atomic mass is 35.5. The molecule has 0 spiro atoms. The maximum absolute atomic E-state index is 11.9. The molecule has 2 N–H and O–H groups in total. The summed E-state index contributed by atoms with van der Waals surface area (Å²) in [6, 6.07) is -0.385. The third-order valence-corrected chi connectivity index (χ3v) is 3.49. The minimum Gasteiger partial charge on any atom is -0.353 e. The van der Waals surface area contributed by atoms with E-state index in [1.165, 1.54) is 22.6 Å². The Morgan fingerprint density at radius 3 is 3.11 bits per heavy atom. The van der Waals surface area contributed by atoms with Crippen molar-refractivity contribution >= 4 is 29.3 Å². The summed E-state index contributed by atoms with van der Waals surface area (Å²) in [6.45, 7) is 2.32. The van der Waals surface area contributed by atoms with E-state index >= 15 is 0 Å². The van der Waals surface area contributed by atoms with Crippen LogP contribution >= 0.6 is 23.4 Å². The van der Waals surface area contributed by atoms with Gasteiger partial charge in [0.15, 0.2) is 0 Å². The van der Waals surface area contributed by atoms with E-state index in [4.69, 9.17) is 11.6 Å². The average Bonchev–Trinajstić information content (AvgIpc) is 3.04. The fourth-order valence-corrected chi connectivity index (χ4v) is 2.17. The highest BCUT2D eigenvalue weighted by Gasteiger charge is 2.15. The molecule has 102 valence electrons. The minimum atomic E-state index is -0.385. The molecule has 2 heterocycles. The lowest BCUT2D eigenvalue weighted by molar-refractivity contribution is -0.124. The Labute approximate surface area is 119 Å². The molecule has 1 amide bonds. The van der Waals surface area contributed by atoms with Gasteiger partial charge in [-0.25, -0.2) is 0 Å². The number of hydrogen-bond donors (Lipinski definition) is 2. The van der Waals surface area contributed by atoms with Gasteiger partial charge in [-0.1, -0.05) is 11.6 Å². The number of hydrogen-bond acceptors (Lipinski definition) is 5. The molecule has 0 aliphatic heterocycles. The zero-order valence-electron chi connectivity index (χ0n) is 10.2. The summed E-state index contributed by atoms with van der Waals surface area (Å²) >= 11 is 7.28. The minimum absolute atomic E-state index is 0.0967. The molecule has 0 bridgehead atoms. The molecule has 0 radical (unpaired) electrons. The Morgan fingerprint density at radius 1 is 1.63 bits per heavy atom. The van der Waals surface area contributed by atoms with Crippen molar-refractivity contribution in [3.63, 3.8) is 0 Å². The standard InChI is InChI=1S/C10H13ClN6OS/c1-7(17-6-8(11)4-14-17)10(18)12-2-3-19-9-5-13-16-15-9/h4-7H,2-3H2,1H3,(H,12,18)(H,13,15,16)/t7-/m1/s1. The van der Waals surface area contributed by atoms with E-state index in [0.29, 0.717) is 11.6 Å². The van der Waals surface area contributed by atoms with Crippen molar-refractivity contribution in [2.24, 2.45) is 0 Å². The first-order valence-electron chi connectivity index (χ1n) is 5.63. The lowest BCUT2D eigenvalue weighted by atomic mass is 10.3. The molecule has 9 heteroatoms. The fraction of sp³-hybridized carbons (Fsp3) is 0.400. The molecule has 2 rings (SSSR count). The van der Waals surface area contributed by atoms with Gasteiger partial charge in [0.2, 0.25) is 5.91 Å². The smallest absolute Gasteiger partial charge is 0.244 e. The van der Waals surface area contributed by atoms with Gasteiger partial charge in [-0.2, -0.15) is 15.4 Å². The SMILES string of the molecule is C[C@H](C(=O)NCCSc1cn[nH]n1)n1cc(Cl)cn1. The number of carbonyl (C=O) groups excluding carboxylic acids is 1. The van der Waals surface area contributed by atoms with Gasteiger partial charge in [-0.3, -0.25) is 9.48 Å². The third-order valence-electron chi connectivity index (χ3n) is 2.39. The monoisotopic (exact) mass is 300 g/mol. The number of thioether (sulfide) groups is 1. The van der Waals surface area contributed by atoms with Crippen LogP contribution < -0.4 is 5.32 Å². The quantitative estimate of drug-likeness (QED) is 0.616. The zero-order valence-corrected chi connectivity index (χ0v) is 11.8. The van der Waals surface area contributed by atoms with Crippen molar-refractivity contribution in [1.29, 1.82) is 0 Å². The molecule has 0 saturated carbocycles. The summed E-state index contributed by atoms with van der Waals surface area (Å²) < 4.78 is 1.53. The predicted octanol–water partition coefficient (Wildman–Crippen LogP) is 1.12. The van der Waals surface area contributed by atoms with Crippen LogP contribution in [-0.2, 0) is 4.79 Å². The van der Waals surface area contributed by atoms with Gasteiger partial charge in [0.1, 0.15) is 11.1 Å². The van der Waals surface area contributed by atoms with Crippen molar-refractivity contribution in [3.05, 3.63) is 23.6 Å². The first kappa shape index (κ1) is 13.9. The lowest BCUT2D eigenvalue weighted by Gasteiger charge is -2.12. The summed E-state index contributed by atoms with van der Waals surface area (Å²) in [5.74, 6) is 0.630. The summed E-state index contributed by atoms with van der Waals surface area (Å²) in [5.41, 5.74) is 0. The third kappa shape index (κ3) is 3.97. The van der Waals surface area contributed by atoms with Gasteiger partial charge in [-0.15, -0.1) is 16.9 Å². The van der Waals surface area contributed by atoms with E-state index < -0.39 is 0 Å². The van der Waals surface area contributed by atoms with Gasteiger partial charge in [0.25, 0.3) is 0 Å². The van der Waals surface area contributed by atoms with Gasteiger partial charge in [-0.05, 0) is 6.92 Å². The van der Waals surface area contributed by atoms with Gasteiger partial charge in [0.05, 0.1) is 17.4 Å². The maximum atomic E-state index is 11.9. The topological polar surface area (TPSA) is 88.5 Å². The average molecular weight is 301 g/mol. The molecular formula is C10H13ClN6OS. The normalized spacial score (nSPS) is 12.3. The number of nitrogens with one attached hydrogen (secondary N) is 2. The van der Waals surface area contributed by atoms with E-state index in [1.807, 2.05) is 0 Å². The van der Waals surface area contributed by atoms with Crippen molar-refractivity contribution in [2.45, 2.75) is 18.0 Å². The summed E-state index contributed by atoms with van der Waals surface area (Å²) in [7, 11) is 0. The van der Waals surface area contributed by atoms with Crippen molar-refractivity contribution in [3.8, 4) is 0 Å². The first-order valence-corrected chi connectivity index (χ1v) is 6.99. The predicted molar refractivity (Wildman–Crippen MR) is 72.1 cm³/mol. The molecule has 19 heavy (non-hydrogen) atoms. The molecule has 0 aromatic carbocycles. The van der Waals surface area contributed by atoms with Crippen LogP contribution in [0.15, 0.2) is 23.6 Å². The molecule has 0 saturated heterocycles. The van der Waals surface area contributed by atoms with Crippen molar-refractivity contribution in [1.82, 2.24) is 30.5 Å². The van der Waals surface area contributed by atoms with Crippen LogP contribution in [-0.4, -0.2) is 43.4 Å². The highest BCUT2D eigenvalue weighted by Crippen LogP contribution is 2.12. The van der Waals surface area contributed by atoms with Crippen LogP contribution in [0.1, 0.15) is 13.0 Å². The summed E-state index contributed by atoms with van der Waals surface area (Å²) in [6.07, 6.45) is 4.77. The van der Waals surface area contributed by atoms with Crippen LogP contribution in [0.2, 0.25) is 5.02 Å². The second-order valence-corrected chi connectivity index (χ2v) is 5.31. The molecule has 0 fully saturated rings. The molecule has 0 aliphatic carbocycles. The number of aromatic amines is 1. The van der Waals surface area contributed by atoms with Crippen LogP contribution in [0.3, 0.4) is 0 Å². The first-order chi connectivity index (χ1) is 9.16. The van der Waals surface area contributed by atoms with Crippen LogP contribution in [0.4, 0.5) is 0 Å². The Kier molecular flexibility index (Phi) is 4.80. The van der Waals surface area contributed by atoms with E-state index in [2.05, 4.69) is 25.8 Å². The van der Waals surface area contributed by atoms with Gasteiger partial charge in [0, 0.05) is 18.5 Å². The molecule has 2 aromatic heterocycles. The van der Waals surface area contributed by atoms with E-state index in [0.717, 1.165) is 10.8 Å². The van der Waals surface area contributed by atoms with Crippen molar-refractivity contribution < 1.29 is 4.79 Å². The second-order valence-electron chi connectivity index (χ2n) is 3.76. The maximum Gasteiger partial charge on any atom is 0.244 e. The van der Waals surface area contributed by atoms with Gasteiger partial charge >= 0.3 is 0 Å². The van der Waals surface area contributed by atoms with Crippen LogP contribution in [0, 0.1) is 0 Å². The number of nitrogens with zero attached hydrogens (tertiary/aromatic N) is 4. The zero-order chi connectivity index (χ0) is 13.7. The number of amides is 1. The Hall–Kier alpha value is -1.54. The summed E-state index contributed by atoms with van der Waals surface area (Å²) in [4.78, 5) is 11.9. The fourth-order valence-electron chi connectivity index (χ4n) is 1.38. The molecule has 0 unspecified atom stereocenters. The number of carbonyl (C=O) groups is 1. The Morgan fingerprint density at radius 2 is 2.47 bits per heavy atom. The van der Waals surface area contributed by atoms with Gasteiger partial charge < -0.3 is 5.32 Å². The molecule has 7 nitrogen and oxygen atoms in total. The van der Waals surface area contributed by atoms with Crippen LogP contribution in [0.5, 0.6) is 0 Å². The number of H-pyrrole nitrogens is 1. The highest BCUT2D eigenvalue weighted by molar-refractivity contribution is 7.99. The van der Waals surface area contributed by atoms with E-state index in [-0.39, 0.29) is 11.9 Å². The molecular weight excluding hydrogens is 288 g/mol. The Bertz CT molecular complexity index is 528. The van der Waals surface area contributed by atoms with E-state index in [1.54, 1.807) is 19.3 Å².